The van der Waals surface area contributed by atoms with Crippen molar-refractivity contribution in [2.24, 2.45) is 0 Å². The summed E-state index contributed by atoms with van der Waals surface area (Å²) < 4.78 is 0. The van der Waals surface area contributed by atoms with Crippen LogP contribution in [0, 0.1) is 0 Å². The van der Waals surface area contributed by atoms with Crippen molar-refractivity contribution in [3.8, 4) is 0 Å². The van der Waals surface area contributed by atoms with Gasteiger partial charge in [-0.05, 0) is 48.4 Å². The Kier molecular flexibility index (Phi) is 4.38. The second-order valence-electron chi connectivity index (χ2n) is 3.67. The van der Waals surface area contributed by atoms with E-state index in [1.54, 1.807) is 11.8 Å². The average Bonchev–Trinajstić information content (AvgIpc) is 2.34. The summed E-state index contributed by atoms with van der Waals surface area (Å²) in [7, 11) is 0. The molecule has 88 valence electrons. The summed E-state index contributed by atoms with van der Waals surface area (Å²) in [6.45, 7) is 2.12. The molecule has 0 aliphatic heterocycles. The van der Waals surface area contributed by atoms with Crippen LogP contribution in [-0.2, 0) is 6.42 Å². The number of benzene rings is 2. The molecule has 2 rings (SSSR count). The molecule has 0 aliphatic carbocycles. The van der Waals surface area contributed by atoms with Crippen LogP contribution in [0.4, 0.5) is 0 Å². The van der Waals surface area contributed by atoms with Crippen molar-refractivity contribution in [2.45, 2.75) is 23.1 Å². The maximum absolute atomic E-state index is 6.24. The molecule has 17 heavy (non-hydrogen) atoms. The highest BCUT2D eigenvalue weighted by Crippen LogP contribution is 2.34. The Morgan fingerprint density at radius 1 is 1.00 bits per heavy atom. The van der Waals surface area contributed by atoms with Gasteiger partial charge in [0.1, 0.15) is 0 Å². The lowest BCUT2D eigenvalue weighted by Crippen LogP contribution is -1.82. The standard InChI is InChI=1S/C14H12Cl2S/c1-2-10-3-8-14(13(16)9-10)17-12-6-4-11(15)5-7-12/h3-9H,2H2,1H3. The first kappa shape index (κ1) is 12.8. The van der Waals surface area contributed by atoms with Crippen molar-refractivity contribution >= 4 is 35.0 Å². The molecular formula is C14H12Cl2S. The van der Waals surface area contributed by atoms with Crippen LogP contribution in [0.15, 0.2) is 52.3 Å². The number of hydrogen-bond acceptors (Lipinski definition) is 1. The fraction of sp³-hybridized carbons (Fsp3) is 0.143. The highest BCUT2D eigenvalue weighted by Gasteiger charge is 2.03. The van der Waals surface area contributed by atoms with Crippen LogP contribution in [0.5, 0.6) is 0 Å². The predicted octanol–water partition coefficient (Wildman–Crippen LogP) is 5.71. The van der Waals surface area contributed by atoms with E-state index in [1.165, 1.54) is 5.56 Å². The Morgan fingerprint density at radius 2 is 1.71 bits per heavy atom. The van der Waals surface area contributed by atoms with Gasteiger partial charge in [0.2, 0.25) is 0 Å². The summed E-state index contributed by atoms with van der Waals surface area (Å²) in [5.74, 6) is 0. The Bertz CT molecular complexity index is 506. The van der Waals surface area contributed by atoms with E-state index in [0.717, 1.165) is 26.3 Å². The molecule has 2 aromatic rings. The van der Waals surface area contributed by atoms with Crippen LogP contribution in [0.25, 0.3) is 0 Å². The van der Waals surface area contributed by atoms with Gasteiger partial charge < -0.3 is 0 Å². The van der Waals surface area contributed by atoms with Gasteiger partial charge in [-0.1, -0.05) is 48.0 Å². The highest BCUT2D eigenvalue weighted by atomic mass is 35.5. The SMILES string of the molecule is CCc1ccc(Sc2ccc(Cl)cc2)c(Cl)c1. The minimum absolute atomic E-state index is 0.752. The Morgan fingerprint density at radius 3 is 2.29 bits per heavy atom. The highest BCUT2D eigenvalue weighted by molar-refractivity contribution is 7.99. The van der Waals surface area contributed by atoms with Gasteiger partial charge in [0.15, 0.2) is 0 Å². The molecule has 0 bridgehead atoms. The fourth-order valence-corrected chi connectivity index (χ4v) is 2.74. The van der Waals surface area contributed by atoms with Crippen molar-refractivity contribution in [3.05, 3.63) is 58.1 Å². The molecule has 0 saturated carbocycles. The van der Waals surface area contributed by atoms with E-state index in [1.807, 2.05) is 30.3 Å². The predicted molar refractivity (Wildman–Crippen MR) is 76.4 cm³/mol. The van der Waals surface area contributed by atoms with Crippen molar-refractivity contribution in [1.82, 2.24) is 0 Å². The van der Waals surface area contributed by atoms with Gasteiger partial charge in [0.05, 0.1) is 5.02 Å². The van der Waals surface area contributed by atoms with Crippen molar-refractivity contribution in [3.63, 3.8) is 0 Å². The third kappa shape index (κ3) is 3.41. The molecular weight excluding hydrogens is 271 g/mol. The molecule has 0 saturated heterocycles. The van der Waals surface area contributed by atoms with E-state index in [9.17, 15) is 0 Å². The number of aryl methyl sites for hydroxylation is 1. The minimum atomic E-state index is 0.752. The van der Waals surface area contributed by atoms with Crippen LogP contribution in [0.3, 0.4) is 0 Å². The van der Waals surface area contributed by atoms with E-state index in [0.29, 0.717) is 0 Å². The zero-order valence-electron chi connectivity index (χ0n) is 9.41. The first-order valence-corrected chi connectivity index (χ1v) is 6.98. The first-order valence-electron chi connectivity index (χ1n) is 5.41. The summed E-state index contributed by atoms with van der Waals surface area (Å²) >= 11 is 13.7. The molecule has 0 unspecified atom stereocenters. The zero-order valence-corrected chi connectivity index (χ0v) is 11.7. The summed E-state index contributed by atoms with van der Waals surface area (Å²) in [6.07, 6.45) is 1.01. The zero-order chi connectivity index (χ0) is 12.3. The summed E-state index contributed by atoms with van der Waals surface area (Å²) in [5, 5.41) is 1.56. The van der Waals surface area contributed by atoms with Gasteiger partial charge >= 0.3 is 0 Å². The number of hydrogen-bond donors (Lipinski definition) is 0. The molecule has 0 fully saturated rings. The lowest BCUT2D eigenvalue weighted by atomic mass is 10.2. The maximum Gasteiger partial charge on any atom is 0.0548 e. The molecule has 0 N–H and O–H groups in total. The smallest absolute Gasteiger partial charge is 0.0548 e. The topological polar surface area (TPSA) is 0 Å². The molecule has 0 amide bonds. The van der Waals surface area contributed by atoms with Crippen molar-refractivity contribution in [2.75, 3.05) is 0 Å². The van der Waals surface area contributed by atoms with Crippen molar-refractivity contribution in [1.29, 1.82) is 0 Å². The summed E-state index contributed by atoms with van der Waals surface area (Å²) in [4.78, 5) is 2.21. The van der Waals surface area contributed by atoms with Crippen molar-refractivity contribution < 1.29 is 0 Å². The lowest BCUT2D eigenvalue weighted by molar-refractivity contribution is 1.13. The molecule has 0 aromatic heterocycles. The van der Waals surface area contributed by atoms with E-state index in [-0.39, 0.29) is 0 Å². The maximum atomic E-state index is 6.24. The second kappa shape index (κ2) is 5.81. The third-order valence-corrected chi connectivity index (χ3v) is 4.21. The van der Waals surface area contributed by atoms with Gasteiger partial charge in [0.25, 0.3) is 0 Å². The Balaban J connectivity index is 2.21. The van der Waals surface area contributed by atoms with Gasteiger partial charge in [-0.25, -0.2) is 0 Å². The molecule has 0 radical (unpaired) electrons. The average molecular weight is 283 g/mol. The van der Waals surface area contributed by atoms with E-state index in [4.69, 9.17) is 23.2 Å². The summed E-state index contributed by atoms with van der Waals surface area (Å²) in [5.41, 5.74) is 1.26. The van der Waals surface area contributed by atoms with Crippen LogP contribution >= 0.6 is 35.0 Å². The lowest BCUT2D eigenvalue weighted by Gasteiger charge is -2.06. The van der Waals surface area contributed by atoms with Crippen LogP contribution in [0.1, 0.15) is 12.5 Å². The molecule has 0 spiro atoms. The molecule has 0 aliphatic rings. The molecule has 2 aromatic carbocycles. The normalized spacial score (nSPS) is 10.5. The van der Waals surface area contributed by atoms with Crippen LogP contribution in [-0.4, -0.2) is 0 Å². The molecule has 0 heterocycles. The van der Waals surface area contributed by atoms with Gasteiger partial charge in [-0.15, -0.1) is 0 Å². The monoisotopic (exact) mass is 282 g/mol. The van der Waals surface area contributed by atoms with Crippen LogP contribution in [0.2, 0.25) is 10.0 Å². The van der Waals surface area contributed by atoms with E-state index in [2.05, 4.69) is 19.1 Å². The van der Waals surface area contributed by atoms with Gasteiger partial charge in [0, 0.05) is 14.8 Å². The van der Waals surface area contributed by atoms with Gasteiger partial charge in [-0.2, -0.15) is 0 Å². The third-order valence-electron chi connectivity index (χ3n) is 2.45. The summed E-state index contributed by atoms with van der Waals surface area (Å²) in [6, 6.07) is 14.0. The second-order valence-corrected chi connectivity index (χ2v) is 5.63. The molecule has 3 heteroatoms. The van der Waals surface area contributed by atoms with E-state index < -0.39 is 0 Å². The largest absolute Gasteiger partial charge is 0.0885 e. The number of rotatable bonds is 3. The molecule has 0 atom stereocenters. The quantitative estimate of drug-likeness (QED) is 0.695. The Labute approximate surface area is 116 Å². The van der Waals surface area contributed by atoms with Gasteiger partial charge in [-0.3, -0.25) is 0 Å². The Hall–Kier alpha value is -0.630. The van der Waals surface area contributed by atoms with E-state index >= 15 is 0 Å². The van der Waals surface area contributed by atoms with Crippen LogP contribution < -0.4 is 0 Å². The number of halogens is 2. The molecule has 0 nitrogen and oxygen atoms in total. The fourth-order valence-electron chi connectivity index (χ4n) is 1.48. The minimum Gasteiger partial charge on any atom is -0.0885 e. The first-order chi connectivity index (χ1) is 8.19.